The van der Waals surface area contributed by atoms with E-state index < -0.39 is 28.7 Å². The SMILES string of the molecule is COc1ccc(-n2nc(C(=O)NC[C@H]3CCCO3)c(=O)n(Cc3cccc(F)c3)c2=O)cc1OC. The van der Waals surface area contributed by atoms with Crippen LogP contribution in [0.5, 0.6) is 11.5 Å². The molecular weight excluding hydrogens is 459 g/mol. The van der Waals surface area contributed by atoms with Crippen LogP contribution in [0.15, 0.2) is 52.1 Å². The minimum absolute atomic E-state index is 0.148. The molecule has 1 atom stereocenters. The van der Waals surface area contributed by atoms with Crippen LogP contribution in [-0.4, -0.2) is 53.7 Å². The number of amides is 1. The van der Waals surface area contributed by atoms with Crippen molar-refractivity contribution in [1.82, 2.24) is 19.7 Å². The topological polar surface area (TPSA) is 114 Å². The summed E-state index contributed by atoms with van der Waals surface area (Å²) in [6, 6.07) is 10.1. The van der Waals surface area contributed by atoms with E-state index in [-0.39, 0.29) is 24.9 Å². The largest absolute Gasteiger partial charge is 0.493 e. The molecule has 1 aliphatic rings. The highest BCUT2D eigenvalue weighted by atomic mass is 19.1. The highest BCUT2D eigenvalue weighted by molar-refractivity contribution is 5.91. The first kappa shape index (κ1) is 24.1. The lowest BCUT2D eigenvalue weighted by atomic mass is 10.2. The third-order valence-electron chi connectivity index (χ3n) is 5.63. The van der Waals surface area contributed by atoms with Crippen LogP contribution in [0.4, 0.5) is 4.39 Å². The summed E-state index contributed by atoms with van der Waals surface area (Å²) in [5, 5.41) is 6.75. The zero-order valence-corrected chi connectivity index (χ0v) is 19.3. The van der Waals surface area contributed by atoms with Crippen molar-refractivity contribution in [1.29, 1.82) is 0 Å². The van der Waals surface area contributed by atoms with Gasteiger partial charge >= 0.3 is 5.69 Å². The zero-order chi connectivity index (χ0) is 24.9. The van der Waals surface area contributed by atoms with Gasteiger partial charge in [0.15, 0.2) is 11.5 Å². The van der Waals surface area contributed by atoms with E-state index in [0.29, 0.717) is 23.7 Å². The minimum atomic E-state index is -0.888. The fourth-order valence-corrected chi connectivity index (χ4v) is 3.83. The molecule has 184 valence electrons. The van der Waals surface area contributed by atoms with E-state index in [9.17, 15) is 18.8 Å². The molecule has 0 spiro atoms. The summed E-state index contributed by atoms with van der Waals surface area (Å²) >= 11 is 0. The van der Waals surface area contributed by atoms with Crippen LogP contribution in [0.2, 0.25) is 0 Å². The Balaban J connectivity index is 1.80. The Morgan fingerprint density at radius 1 is 1.17 bits per heavy atom. The fourth-order valence-electron chi connectivity index (χ4n) is 3.83. The average molecular weight is 484 g/mol. The number of aromatic nitrogens is 3. The Kier molecular flexibility index (Phi) is 7.25. The predicted molar refractivity (Wildman–Crippen MR) is 124 cm³/mol. The van der Waals surface area contributed by atoms with Gasteiger partial charge in [0.2, 0.25) is 5.69 Å². The molecule has 2 heterocycles. The standard InChI is InChI=1S/C24H25FN4O6/c1-33-19-9-8-17(12-20(19)34-2)29-24(32)28(14-15-5-3-6-16(25)11-15)23(31)21(27-29)22(30)26-13-18-7-4-10-35-18/h3,5-6,8-9,11-12,18H,4,7,10,13-14H2,1-2H3,(H,26,30)/t18-/m1/s1. The number of halogens is 1. The van der Waals surface area contributed by atoms with Crippen LogP contribution in [0, 0.1) is 5.82 Å². The lowest BCUT2D eigenvalue weighted by Gasteiger charge is -2.15. The number of hydrogen-bond acceptors (Lipinski definition) is 7. The number of hydrogen-bond donors (Lipinski definition) is 1. The number of nitrogens with one attached hydrogen (secondary N) is 1. The van der Waals surface area contributed by atoms with Gasteiger partial charge < -0.3 is 19.5 Å². The number of carbonyl (C=O) groups is 1. The summed E-state index contributed by atoms with van der Waals surface area (Å²) in [7, 11) is 2.91. The van der Waals surface area contributed by atoms with Crippen molar-refractivity contribution in [2.45, 2.75) is 25.5 Å². The van der Waals surface area contributed by atoms with Crippen LogP contribution >= 0.6 is 0 Å². The second-order valence-corrected chi connectivity index (χ2v) is 7.95. The van der Waals surface area contributed by atoms with Crippen LogP contribution in [0.1, 0.15) is 28.9 Å². The molecule has 35 heavy (non-hydrogen) atoms. The molecule has 0 aliphatic carbocycles. The van der Waals surface area contributed by atoms with Crippen LogP contribution in [0.3, 0.4) is 0 Å². The number of rotatable bonds is 8. The number of benzene rings is 2. The molecule has 0 radical (unpaired) electrons. The monoisotopic (exact) mass is 484 g/mol. The van der Waals surface area contributed by atoms with Gasteiger partial charge in [0.1, 0.15) is 5.82 Å². The molecule has 1 amide bonds. The summed E-state index contributed by atoms with van der Waals surface area (Å²) in [5.74, 6) is -0.509. The van der Waals surface area contributed by atoms with Crippen molar-refractivity contribution in [3.8, 4) is 17.2 Å². The minimum Gasteiger partial charge on any atom is -0.493 e. The molecule has 1 aromatic heterocycles. The van der Waals surface area contributed by atoms with Gasteiger partial charge in [0, 0.05) is 19.2 Å². The lowest BCUT2D eigenvalue weighted by molar-refractivity contribution is 0.0849. The molecule has 10 nitrogen and oxygen atoms in total. The third kappa shape index (κ3) is 5.24. The van der Waals surface area contributed by atoms with Gasteiger partial charge in [-0.2, -0.15) is 9.78 Å². The number of methoxy groups -OCH3 is 2. The first-order valence-corrected chi connectivity index (χ1v) is 11.0. The van der Waals surface area contributed by atoms with Gasteiger partial charge in [-0.15, -0.1) is 0 Å². The summed E-state index contributed by atoms with van der Waals surface area (Å²) in [4.78, 5) is 39.4. The van der Waals surface area contributed by atoms with Crippen LogP contribution in [0.25, 0.3) is 5.69 Å². The maximum atomic E-state index is 13.7. The Bertz CT molecular complexity index is 1350. The van der Waals surface area contributed by atoms with Gasteiger partial charge in [0.05, 0.1) is 32.6 Å². The van der Waals surface area contributed by atoms with Gasteiger partial charge in [-0.05, 0) is 42.7 Å². The third-order valence-corrected chi connectivity index (χ3v) is 5.63. The number of nitrogens with zero attached hydrogens (tertiary/aromatic N) is 3. The van der Waals surface area contributed by atoms with E-state index in [4.69, 9.17) is 14.2 Å². The molecule has 0 bridgehead atoms. The summed E-state index contributed by atoms with van der Waals surface area (Å²) in [6.45, 7) is 0.569. The molecule has 1 saturated heterocycles. The fraction of sp³-hybridized carbons (Fsp3) is 0.333. The Hall–Kier alpha value is -3.99. The molecule has 11 heteroatoms. The van der Waals surface area contributed by atoms with E-state index in [1.165, 1.54) is 38.5 Å². The van der Waals surface area contributed by atoms with Crippen molar-refractivity contribution < 1.29 is 23.4 Å². The molecule has 0 saturated carbocycles. The molecule has 1 aliphatic heterocycles. The van der Waals surface area contributed by atoms with Gasteiger partial charge in [0.25, 0.3) is 11.5 Å². The van der Waals surface area contributed by atoms with Crippen LogP contribution < -0.4 is 26.0 Å². The first-order chi connectivity index (χ1) is 16.9. The van der Waals surface area contributed by atoms with Crippen molar-refractivity contribution in [2.24, 2.45) is 0 Å². The van der Waals surface area contributed by atoms with Crippen molar-refractivity contribution >= 4 is 5.91 Å². The van der Waals surface area contributed by atoms with Gasteiger partial charge in [-0.1, -0.05) is 12.1 Å². The van der Waals surface area contributed by atoms with E-state index in [0.717, 1.165) is 22.1 Å². The normalized spacial score (nSPS) is 15.1. The zero-order valence-electron chi connectivity index (χ0n) is 19.3. The Morgan fingerprint density at radius 3 is 2.66 bits per heavy atom. The van der Waals surface area contributed by atoms with Crippen molar-refractivity contribution in [3.05, 3.63) is 80.4 Å². The smallest absolute Gasteiger partial charge is 0.352 e. The van der Waals surface area contributed by atoms with Crippen molar-refractivity contribution in [2.75, 3.05) is 27.4 Å². The Morgan fingerprint density at radius 2 is 1.97 bits per heavy atom. The average Bonchev–Trinajstić information content (AvgIpc) is 3.38. The molecule has 1 fully saturated rings. The molecular formula is C24H25FN4O6. The highest BCUT2D eigenvalue weighted by Gasteiger charge is 2.23. The van der Waals surface area contributed by atoms with E-state index >= 15 is 0 Å². The molecule has 3 aromatic rings. The molecule has 2 aromatic carbocycles. The highest BCUT2D eigenvalue weighted by Crippen LogP contribution is 2.28. The Labute approximate surface area is 199 Å². The molecule has 4 rings (SSSR count). The number of carbonyl (C=O) groups excluding carboxylic acids is 1. The molecule has 1 N–H and O–H groups in total. The second-order valence-electron chi connectivity index (χ2n) is 7.95. The maximum absolute atomic E-state index is 13.7. The van der Waals surface area contributed by atoms with Crippen molar-refractivity contribution in [3.63, 3.8) is 0 Å². The van der Waals surface area contributed by atoms with Gasteiger partial charge in [-0.25, -0.2) is 9.18 Å². The summed E-state index contributed by atoms with van der Waals surface area (Å²) in [6.07, 6.45) is 1.54. The van der Waals surface area contributed by atoms with E-state index in [1.807, 2.05) is 0 Å². The van der Waals surface area contributed by atoms with E-state index in [2.05, 4.69) is 10.4 Å². The maximum Gasteiger partial charge on any atom is 0.352 e. The summed E-state index contributed by atoms with van der Waals surface area (Å²) in [5.41, 5.74) is -1.55. The second kappa shape index (κ2) is 10.5. The predicted octanol–water partition coefficient (Wildman–Crippen LogP) is 1.51. The quantitative estimate of drug-likeness (QED) is 0.516. The van der Waals surface area contributed by atoms with Gasteiger partial charge in [-0.3, -0.25) is 14.2 Å². The van der Waals surface area contributed by atoms with E-state index in [1.54, 1.807) is 18.2 Å². The van der Waals surface area contributed by atoms with Crippen LogP contribution in [-0.2, 0) is 11.3 Å². The molecule has 0 unspecified atom stereocenters. The lowest BCUT2D eigenvalue weighted by Crippen LogP contribution is -2.46. The first-order valence-electron chi connectivity index (χ1n) is 11.0. The summed E-state index contributed by atoms with van der Waals surface area (Å²) < 4.78 is 31.6. The number of ether oxygens (including phenoxy) is 3.